The predicted octanol–water partition coefficient (Wildman–Crippen LogP) is 3.83. The lowest BCUT2D eigenvalue weighted by molar-refractivity contribution is -0.240. The summed E-state index contributed by atoms with van der Waals surface area (Å²) in [5, 5.41) is -0.695. The van der Waals surface area contributed by atoms with Crippen molar-refractivity contribution in [3.8, 4) is 0 Å². The molecule has 4 rings (SSSR count). The molecular weight excluding hydrogens is 348 g/mol. The number of aryl methyl sites for hydroxylation is 1. The van der Waals surface area contributed by atoms with Crippen LogP contribution in [0.4, 0.5) is 0 Å². The zero-order valence-corrected chi connectivity index (χ0v) is 15.4. The van der Waals surface area contributed by atoms with Crippen molar-refractivity contribution in [1.82, 2.24) is 0 Å². The second-order valence-electron chi connectivity index (χ2n) is 6.92. The molecular formula is C21H22O4S. The number of rotatable bonds is 3. The highest BCUT2D eigenvalue weighted by Gasteiger charge is 2.44. The first-order valence-corrected chi connectivity index (χ1v) is 10.4. The van der Waals surface area contributed by atoms with E-state index in [9.17, 15) is 8.42 Å². The summed E-state index contributed by atoms with van der Waals surface area (Å²) < 4.78 is 38.5. The molecule has 0 unspecified atom stereocenters. The molecule has 1 fully saturated rings. The van der Waals surface area contributed by atoms with Crippen molar-refractivity contribution < 1.29 is 17.9 Å². The number of hydrogen-bond acceptors (Lipinski definition) is 4. The summed E-state index contributed by atoms with van der Waals surface area (Å²) in [7, 11) is -3.52. The molecule has 5 heteroatoms. The van der Waals surface area contributed by atoms with Gasteiger partial charge < -0.3 is 9.47 Å². The number of benzene rings is 2. The molecule has 0 bridgehead atoms. The van der Waals surface area contributed by atoms with E-state index in [0.717, 1.165) is 17.5 Å². The van der Waals surface area contributed by atoms with Crippen molar-refractivity contribution in [3.63, 3.8) is 0 Å². The lowest BCUT2D eigenvalue weighted by atomic mass is 9.90. The van der Waals surface area contributed by atoms with Crippen LogP contribution in [0, 0.1) is 12.8 Å². The van der Waals surface area contributed by atoms with Gasteiger partial charge >= 0.3 is 0 Å². The normalized spacial score (nSPS) is 28.5. The van der Waals surface area contributed by atoms with Crippen LogP contribution in [-0.4, -0.2) is 26.4 Å². The molecule has 26 heavy (non-hydrogen) atoms. The Kier molecular flexibility index (Phi) is 4.69. The average molecular weight is 370 g/mol. The Labute approximate surface area is 154 Å². The minimum Gasteiger partial charge on any atom is -0.348 e. The largest absolute Gasteiger partial charge is 0.348 e. The van der Waals surface area contributed by atoms with Crippen molar-refractivity contribution in [2.45, 2.75) is 35.9 Å². The van der Waals surface area contributed by atoms with Gasteiger partial charge in [-0.05, 0) is 25.5 Å². The van der Waals surface area contributed by atoms with E-state index < -0.39 is 27.5 Å². The molecule has 0 radical (unpaired) electrons. The van der Waals surface area contributed by atoms with E-state index in [4.69, 9.17) is 9.47 Å². The van der Waals surface area contributed by atoms with Crippen LogP contribution in [-0.2, 0) is 19.3 Å². The van der Waals surface area contributed by atoms with Crippen LogP contribution in [0.25, 0.3) is 0 Å². The Balaban J connectivity index is 1.64. The van der Waals surface area contributed by atoms with Gasteiger partial charge in [-0.15, -0.1) is 0 Å². The molecule has 136 valence electrons. The molecule has 0 amide bonds. The summed E-state index contributed by atoms with van der Waals surface area (Å²) in [6.45, 7) is 2.44. The van der Waals surface area contributed by atoms with Gasteiger partial charge in [0.05, 0.1) is 17.6 Å². The van der Waals surface area contributed by atoms with Gasteiger partial charge in [-0.3, -0.25) is 0 Å². The van der Waals surface area contributed by atoms with Crippen LogP contribution in [0.1, 0.15) is 23.8 Å². The van der Waals surface area contributed by atoms with Gasteiger partial charge in [-0.1, -0.05) is 60.2 Å². The Morgan fingerprint density at radius 2 is 1.73 bits per heavy atom. The Hall–Kier alpha value is -1.95. The fourth-order valence-electron chi connectivity index (χ4n) is 3.59. The highest BCUT2D eigenvalue weighted by atomic mass is 32.2. The van der Waals surface area contributed by atoms with Gasteiger partial charge in [0.25, 0.3) is 0 Å². The fourth-order valence-corrected chi connectivity index (χ4v) is 5.38. The molecule has 1 aliphatic heterocycles. The lowest BCUT2D eigenvalue weighted by Gasteiger charge is -2.41. The van der Waals surface area contributed by atoms with Gasteiger partial charge in [-0.2, -0.15) is 0 Å². The predicted molar refractivity (Wildman–Crippen MR) is 99.4 cm³/mol. The first-order valence-electron chi connectivity index (χ1n) is 8.85. The van der Waals surface area contributed by atoms with Gasteiger partial charge in [0.2, 0.25) is 0 Å². The van der Waals surface area contributed by atoms with Crippen molar-refractivity contribution in [2.24, 2.45) is 5.92 Å². The average Bonchev–Trinajstić information content (AvgIpc) is 2.68. The first kappa shape index (κ1) is 17.5. The second kappa shape index (κ2) is 6.99. The molecule has 1 saturated heterocycles. The van der Waals surface area contributed by atoms with Crippen LogP contribution in [0.3, 0.4) is 0 Å². The van der Waals surface area contributed by atoms with Crippen molar-refractivity contribution in [1.29, 1.82) is 0 Å². The van der Waals surface area contributed by atoms with Crippen LogP contribution >= 0.6 is 0 Å². The van der Waals surface area contributed by atoms with Gasteiger partial charge in [0.15, 0.2) is 16.1 Å². The van der Waals surface area contributed by atoms with Crippen LogP contribution in [0.5, 0.6) is 0 Å². The van der Waals surface area contributed by atoms with Crippen LogP contribution in [0.2, 0.25) is 0 Å². The fraction of sp³-hybridized carbons (Fsp3) is 0.333. The van der Waals surface area contributed by atoms with E-state index >= 15 is 0 Å². The summed E-state index contributed by atoms with van der Waals surface area (Å²) in [4.78, 5) is 0.338. The van der Waals surface area contributed by atoms with Crippen molar-refractivity contribution in [2.75, 3.05) is 6.61 Å². The molecule has 4 atom stereocenters. The SMILES string of the molecule is Cc1ccc(S(=O)(=O)[C@H]2C=CC[C@@H]3CO[C@@H](c4ccccc4)O[C@H]32)cc1. The van der Waals surface area contributed by atoms with E-state index in [1.807, 2.05) is 55.5 Å². The molecule has 0 N–H and O–H groups in total. The van der Waals surface area contributed by atoms with Crippen molar-refractivity contribution in [3.05, 3.63) is 77.9 Å². The molecule has 0 aromatic heterocycles. The zero-order chi connectivity index (χ0) is 18.1. The molecule has 0 saturated carbocycles. The first-order chi connectivity index (χ1) is 12.6. The smallest absolute Gasteiger partial charge is 0.187 e. The van der Waals surface area contributed by atoms with Gasteiger partial charge in [-0.25, -0.2) is 8.42 Å². The van der Waals surface area contributed by atoms with Crippen LogP contribution < -0.4 is 0 Å². The highest BCUT2D eigenvalue weighted by Crippen LogP contribution is 2.38. The number of allylic oxidation sites excluding steroid dienone is 1. The molecule has 4 nitrogen and oxygen atoms in total. The third-order valence-corrected chi connectivity index (χ3v) is 7.15. The lowest BCUT2D eigenvalue weighted by Crippen LogP contribution is -2.47. The standard InChI is InChI=1S/C21H22O4S/c1-15-10-12-18(13-11-15)26(22,23)19-9-5-8-17-14-24-21(25-20(17)19)16-6-3-2-4-7-16/h2-7,9-13,17,19-21H,8,14H2,1H3/t17-,19+,20-,21-/m1/s1. The Morgan fingerprint density at radius 3 is 2.46 bits per heavy atom. The van der Waals surface area contributed by atoms with E-state index in [2.05, 4.69) is 0 Å². The maximum Gasteiger partial charge on any atom is 0.187 e. The third kappa shape index (κ3) is 3.22. The summed E-state index contributed by atoms with van der Waals surface area (Å²) in [6.07, 6.45) is 3.55. The monoisotopic (exact) mass is 370 g/mol. The molecule has 1 aliphatic carbocycles. The molecule has 2 aromatic rings. The number of ether oxygens (including phenoxy) is 2. The zero-order valence-electron chi connectivity index (χ0n) is 14.6. The van der Waals surface area contributed by atoms with E-state index in [1.165, 1.54) is 0 Å². The summed E-state index contributed by atoms with van der Waals surface area (Å²) in [5.41, 5.74) is 1.94. The minimum absolute atomic E-state index is 0.0465. The topological polar surface area (TPSA) is 52.6 Å². The van der Waals surface area contributed by atoms with Gasteiger partial charge in [0, 0.05) is 11.5 Å². The van der Waals surface area contributed by atoms with E-state index in [0.29, 0.717) is 11.5 Å². The molecule has 1 heterocycles. The van der Waals surface area contributed by atoms with E-state index in [1.54, 1.807) is 18.2 Å². The molecule has 2 aromatic carbocycles. The summed E-state index contributed by atoms with van der Waals surface area (Å²) in [6, 6.07) is 16.7. The number of hydrogen-bond donors (Lipinski definition) is 0. The van der Waals surface area contributed by atoms with Crippen LogP contribution in [0.15, 0.2) is 71.6 Å². The summed E-state index contributed by atoms with van der Waals surface area (Å²) in [5.74, 6) is 0.0465. The van der Waals surface area contributed by atoms with Gasteiger partial charge in [0.1, 0.15) is 5.25 Å². The molecule has 2 aliphatic rings. The third-order valence-electron chi connectivity index (χ3n) is 5.07. The maximum atomic E-state index is 13.2. The summed E-state index contributed by atoms with van der Waals surface area (Å²) >= 11 is 0. The Morgan fingerprint density at radius 1 is 1.00 bits per heavy atom. The Bertz CT molecular complexity index is 887. The quantitative estimate of drug-likeness (QED) is 0.771. The highest BCUT2D eigenvalue weighted by molar-refractivity contribution is 7.92. The molecule has 0 spiro atoms. The maximum absolute atomic E-state index is 13.2. The second-order valence-corrected chi connectivity index (χ2v) is 9.03. The number of fused-ring (bicyclic) bond motifs is 1. The number of sulfone groups is 1. The minimum atomic E-state index is -3.52. The van der Waals surface area contributed by atoms with E-state index in [-0.39, 0.29) is 5.92 Å². The van der Waals surface area contributed by atoms with Crippen molar-refractivity contribution >= 4 is 9.84 Å².